The van der Waals surface area contributed by atoms with Crippen molar-refractivity contribution >= 4 is 11.7 Å². The molecule has 0 radical (unpaired) electrons. The highest BCUT2D eigenvalue weighted by molar-refractivity contribution is 5.85. The van der Waals surface area contributed by atoms with Crippen molar-refractivity contribution in [3.05, 3.63) is 65.2 Å². The Morgan fingerprint density at radius 3 is 2.58 bits per heavy atom. The number of hydrogen-bond acceptors (Lipinski definition) is 5. The highest BCUT2D eigenvalue weighted by Crippen LogP contribution is 2.53. The second-order valence-electron chi connectivity index (χ2n) is 6.68. The van der Waals surface area contributed by atoms with Crippen LogP contribution in [0, 0.1) is 5.92 Å². The Bertz CT molecular complexity index is 872. The van der Waals surface area contributed by atoms with Gasteiger partial charge in [-0.2, -0.15) is 0 Å². The van der Waals surface area contributed by atoms with Crippen LogP contribution >= 0.6 is 0 Å². The summed E-state index contributed by atoms with van der Waals surface area (Å²) in [5.74, 6) is 0.981. The van der Waals surface area contributed by atoms with Gasteiger partial charge in [0, 0.05) is 12.0 Å². The lowest BCUT2D eigenvalue weighted by atomic mass is 9.76. The second-order valence-corrected chi connectivity index (χ2v) is 6.68. The molecule has 1 N–H and O–H groups in total. The summed E-state index contributed by atoms with van der Waals surface area (Å²) in [6, 6.07) is 10.9. The zero-order valence-electron chi connectivity index (χ0n) is 14.7. The first-order valence-electron chi connectivity index (χ1n) is 8.62. The van der Waals surface area contributed by atoms with Crippen LogP contribution in [0.4, 0.5) is 5.69 Å². The van der Waals surface area contributed by atoms with E-state index in [1.54, 1.807) is 26.4 Å². The Hall–Kier alpha value is -2.95. The zero-order valence-corrected chi connectivity index (χ0v) is 14.7. The van der Waals surface area contributed by atoms with E-state index in [-0.39, 0.29) is 17.5 Å². The number of carboxylic acid groups (broad SMARTS) is 1. The van der Waals surface area contributed by atoms with Crippen LogP contribution in [0.5, 0.6) is 11.5 Å². The van der Waals surface area contributed by atoms with Crippen molar-refractivity contribution < 1.29 is 19.4 Å². The monoisotopic (exact) mass is 350 g/mol. The quantitative estimate of drug-likeness (QED) is 0.859. The number of carbonyl (C=O) groups is 1. The maximum atomic E-state index is 11.0. The van der Waals surface area contributed by atoms with Crippen molar-refractivity contribution in [3.8, 4) is 11.5 Å². The molecule has 134 valence electrons. The summed E-state index contributed by atoms with van der Waals surface area (Å²) >= 11 is 0. The van der Waals surface area contributed by atoms with E-state index < -0.39 is 5.97 Å². The molecule has 0 bridgehead atoms. The first-order valence-corrected chi connectivity index (χ1v) is 8.62. The highest BCUT2D eigenvalue weighted by atomic mass is 16.5. The van der Waals surface area contributed by atoms with Crippen molar-refractivity contribution in [1.29, 1.82) is 0 Å². The molecule has 0 aromatic heterocycles. The summed E-state index contributed by atoms with van der Waals surface area (Å²) < 4.78 is 11.0. The first kappa shape index (κ1) is 16.5. The number of methoxy groups -OCH3 is 2. The van der Waals surface area contributed by atoms with Gasteiger partial charge in [0.05, 0.1) is 31.9 Å². The van der Waals surface area contributed by atoms with E-state index in [1.165, 1.54) is 5.56 Å². The van der Waals surface area contributed by atoms with Crippen molar-refractivity contribution in [1.82, 2.24) is 0 Å². The minimum absolute atomic E-state index is 0.0700. The van der Waals surface area contributed by atoms with Crippen LogP contribution in [-0.2, 0) is 0 Å². The maximum Gasteiger partial charge on any atom is 0.145 e. The van der Waals surface area contributed by atoms with Gasteiger partial charge in [-0.15, -0.1) is 0 Å². The molecule has 3 atom stereocenters. The topological polar surface area (TPSA) is 70.6 Å². The van der Waals surface area contributed by atoms with Crippen LogP contribution in [0.1, 0.15) is 39.9 Å². The lowest BCUT2D eigenvalue weighted by molar-refractivity contribution is -0.255. The van der Waals surface area contributed by atoms with Gasteiger partial charge < -0.3 is 24.7 Å². The number of fused-ring (bicyclic) bond motifs is 3. The lowest BCUT2D eigenvalue weighted by Crippen LogP contribution is -2.29. The third kappa shape index (κ3) is 2.60. The molecule has 1 aliphatic heterocycles. The van der Waals surface area contributed by atoms with Gasteiger partial charge in [-0.05, 0) is 35.1 Å². The summed E-state index contributed by atoms with van der Waals surface area (Å²) in [4.78, 5) is 11.0. The third-order valence-corrected chi connectivity index (χ3v) is 5.37. The summed E-state index contributed by atoms with van der Waals surface area (Å²) in [6.07, 6.45) is 5.41. The van der Waals surface area contributed by atoms with Gasteiger partial charge in [0.2, 0.25) is 0 Å². The number of nitrogens with one attached hydrogen (secondary N) is 1. The Balaban J connectivity index is 1.77. The molecule has 1 heterocycles. The number of carboxylic acids is 1. The molecule has 0 unspecified atom stereocenters. The van der Waals surface area contributed by atoms with Crippen LogP contribution in [0.15, 0.2) is 48.6 Å². The predicted molar refractivity (Wildman–Crippen MR) is 96.7 cm³/mol. The van der Waals surface area contributed by atoms with Crippen molar-refractivity contribution in [2.75, 3.05) is 19.5 Å². The highest BCUT2D eigenvalue weighted by Gasteiger charge is 2.39. The van der Waals surface area contributed by atoms with Crippen LogP contribution in [0.2, 0.25) is 0 Å². The minimum Gasteiger partial charge on any atom is -0.545 e. The largest absolute Gasteiger partial charge is 0.545 e. The Labute approximate surface area is 152 Å². The van der Waals surface area contributed by atoms with Crippen LogP contribution < -0.4 is 19.9 Å². The molecule has 0 saturated heterocycles. The molecule has 5 heteroatoms. The van der Waals surface area contributed by atoms with E-state index >= 15 is 0 Å². The Morgan fingerprint density at radius 1 is 1.15 bits per heavy atom. The van der Waals surface area contributed by atoms with E-state index in [0.717, 1.165) is 29.2 Å². The SMILES string of the molecule is COc1cc(OC)c2c(c1)[C@H]1C=CC[C@@H]1[C@H](c1ccc(C(=O)[O-])cc1)N2. The average Bonchev–Trinajstić information content (AvgIpc) is 3.16. The number of ether oxygens (including phenoxy) is 2. The molecular weight excluding hydrogens is 330 g/mol. The number of allylic oxidation sites excluding steroid dienone is 2. The lowest BCUT2D eigenvalue weighted by Gasteiger charge is -2.38. The number of rotatable bonds is 4. The average molecular weight is 350 g/mol. The van der Waals surface area contributed by atoms with Gasteiger partial charge in [0.25, 0.3) is 0 Å². The number of carbonyl (C=O) groups excluding carboxylic acids is 1. The van der Waals surface area contributed by atoms with Gasteiger partial charge in [-0.3, -0.25) is 0 Å². The number of aromatic carboxylic acids is 1. The number of anilines is 1. The fourth-order valence-electron chi connectivity index (χ4n) is 4.08. The minimum atomic E-state index is -1.16. The van der Waals surface area contributed by atoms with E-state index in [2.05, 4.69) is 23.5 Å². The van der Waals surface area contributed by atoms with Gasteiger partial charge in [0.15, 0.2) is 0 Å². The molecular formula is C21H20NO4-. The van der Waals surface area contributed by atoms with Crippen molar-refractivity contribution in [3.63, 3.8) is 0 Å². The molecule has 2 aromatic carbocycles. The third-order valence-electron chi connectivity index (χ3n) is 5.37. The Morgan fingerprint density at radius 2 is 1.92 bits per heavy atom. The van der Waals surface area contributed by atoms with Crippen LogP contribution in [0.3, 0.4) is 0 Å². The summed E-state index contributed by atoms with van der Waals surface area (Å²) in [5.41, 5.74) is 3.38. The van der Waals surface area contributed by atoms with Crippen LogP contribution in [0.25, 0.3) is 0 Å². The molecule has 0 fully saturated rings. The molecule has 0 spiro atoms. The molecule has 2 aromatic rings. The molecule has 5 nitrogen and oxygen atoms in total. The smallest absolute Gasteiger partial charge is 0.145 e. The van der Waals surface area contributed by atoms with Gasteiger partial charge in [-0.1, -0.05) is 36.4 Å². The molecule has 2 aliphatic rings. The van der Waals surface area contributed by atoms with Gasteiger partial charge in [-0.25, -0.2) is 0 Å². The molecule has 0 saturated carbocycles. The van der Waals surface area contributed by atoms with E-state index in [1.807, 2.05) is 18.2 Å². The summed E-state index contributed by atoms with van der Waals surface area (Å²) in [7, 11) is 3.30. The van der Waals surface area contributed by atoms with Crippen LogP contribution in [-0.4, -0.2) is 20.2 Å². The number of hydrogen-bond donors (Lipinski definition) is 1. The zero-order chi connectivity index (χ0) is 18.3. The fraction of sp³-hybridized carbons (Fsp3) is 0.286. The van der Waals surface area contributed by atoms with Gasteiger partial charge in [0.1, 0.15) is 11.5 Å². The number of benzene rings is 2. The standard InChI is InChI=1S/C21H21NO4/c1-25-14-10-17-15-4-3-5-16(15)19(22-20(17)18(11-14)26-2)12-6-8-13(9-7-12)21(23)24/h3-4,6-11,15-16,19,22H,5H2,1-2H3,(H,23,24)/p-1/t15-,16-,19-/m0/s1. The van der Waals surface area contributed by atoms with E-state index in [9.17, 15) is 9.90 Å². The van der Waals surface area contributed by atoms with E-state index in [0.29, 0.717) is 5.92 Å². The first-order chi connectivity index (χ1) is 12.6. The normalized spacial score (nSPS) is 22.9. The predicted octanol–water partition coefficient (Wildman–Crippen LogP) is 2.89. The second kappa shape index (κ2) is 6.41. The molecule has 0 amide bonds. The van der Waals surface area contributed by atoms with Crippen molar-refractivity contribution in [2.24, 2.45) is 5.92 Å². The molecule has 4 rings (SSSR count). The molecule has 26 heavy (non-hydrogen) atoms. The fourth-order valence-corrected chi connectivity index (χ4v) is 4.08. The van der Waals surface area contributed by atoms with E-state index in [4.69, 9.17) is 9.47 Å². The summed E-state index contributed by atoms with van der Waals surface area (Å²) in [6.45, 7) is 0. The van der Waals surface area contributed by atoms with Crippen molar-refractivity contribution in [2.45, 2.75) is 18.4 Å². The maximum absolute atomic E-state index is 11.0. The Kier molecular flexibility index (Phi) is 4.07. The molecule has 1 aliphatic carbocycles. The van der Waals surface area contributed by atoms with Gasteiger partial charge >= 0.3 is 0 Å². The summed E-state index contributed by atoms with van der Waals surface area (Å²) in [5, 5.41) is 14.6.